The van der Waals surface area contributed by atoms with Crippen molar-refractivity contribution in [2.45, 2.75) is 19.3 Å². The van der Waals surface area contributed by atoms with Gasteiger partial charge >= 0.3 is 0 Å². The monoisotopic (exact) mass is 483 g/mol. The fourth-order valence-corrected chi connectivity index (χ4v) is 6.27. The molecule has 4 nitrogen and oxygen atoms in total. The molecule has 6 rings (SSSR count). The average molecular weight is 484 g/mol. The Kier molecular flexibility index (Phi) is 5.04. The van der Waals surface area contributed by atoms with Crippen LogP contribution in [-0.2, 0) is 5.41 Å². The summed E-state index contributed by atoms with van der Waals surface area (Å²) in [6, 6.07) is 33.0. The van der Waals surface area contributed by atoms with Gasteiger partial charge < -0.3 is 4.42 Å². The van der Waals surface area contributed by atoms with Crippen LogP contribution in [-0.4, -0.2) is 0 Å². The van der Waals surface area contributed by atoms with Crippen molar-refractivity contribution < 1.29 is 4.42 Å². The van der Waals surface area contributed by atoms with Crippen molar-refractivity contribution in [1.82, 2.24) is 0 Å². The van der Waals surface area contributed by atoms with Crippen LogP contribution in [0.4, 0.5) is 17.3 Å². The van der Waals surface area contributed by atoms with Crippen LogP contribution in [0.1, 0.15) is 29.9 Å². The molecule has 1 aliphatic carbocycles. The van der Waals surface area contributed by atoms with E-state index in [9.17, 15) is 0 Å². The molecule has 3 aromatic carbocycles. The van der Waals surface area contributed by atoms with Crippen LogP contribution in [0.15, 0.2) is 94.9 Å². The Morgan fingerprint density at radius 3 is 2.36 bits per heavy atom. The molecule has 0 saturated heterocycles. The maximum Gasteiger partial charge on any atom is 0.205 e. The SMILES string of the molecule is CC1(C)c2cc(N(c3ccccc3)c3cc4ccccc4o3)ccc2-c2sc(C=C(C#N)C#N)cc21. The Hall–Kier alpha value is -4.58. The Labute approximate surface area is 213 Å². The van der Waals surface area contributed by atoms with E-state index in [-0.39, 0.29) is 11.0 Å². The van der Waals surface area contributed by atoms with Gasteiger partial charge in [-0.05, 0) is 59.2 Å². The zero-order chi connectivity index (χ0) is 24.9. The first-order valence-electron chi connectivity index (χ1n) is 11.6. The van der Waals surface area contributed by atoms with Gasteiger partial charge in [-0.2, -0.15) is 10.5 Å². The van der Waals surface area contributed by atoms with E-state index in [2.05, 4.69) is 67.3 Å². The van der Waals surface area contributed by atoms with Gasteiger partial charge in [0, 0.05) is 38.0 Å². The van der Waals surface area contributed by atoms with Gasteiger partial charge in [-0.25, -0.2) is 0 Å². The predicted molar refractivity (Wildman–Crippen MR) is 146 cm³/mol. The highest BCUT2D eigenvalue weighted by Gasteiger charge is 2.38. The summed E-state index contributed by atoms with van der Waals surface area (Å²) in [5.74, 6) is 0.765. The lowest BCUT2D eigenvalue weighted by Gasteiger charge is -2.26. The van der Waals surface area contributed by atoms with E-state index in [1.54, 1.807) is 17.4 Å². The number of benzene rings is 3. The van der Waals surface area contributed by atoms with Crippen LogP contribution < -0.4 is 4.90 Å². The largest absolute Gasteiger partial charge is 0.440 e. The average Bonchev–Trinajstić information content (AvgIpc) is 3.57. The first kappa shape index (κ1) is 21.9. The first-order valence-corrected chi connectivity index (χ1v) is 12.5. The quantitative estimate of drug-likeness (QED) is 0.240. The van der Waals surface area contributed by atoms with Crippen molar-refractivity contribution in [3.05, 3.63) is 107 Å². The van der Waals surface area contributed by atoms with Gasteiger partial charge in [-0.15, -0.1) is 11.3 Å². The van der Waals surface area contributed by atoms with Gasteiger partial charge in [0.1, 0.15) is 23.3 Å². The number of para-hydroxylation sites is 2. The zero-order valence-corrected chi connectivity index (χ0v) is 20.6. The minimum atomic E-state index is -0.223. The summed E-state index contributed by atoms with van der Waals surface area (Å²) in [5.41, 5.74) is 6.45. The van der Waals surface area contributed by atoms with Crippen LogP contribution >= 0.6 is 11.3 Å². The van der Waals surface area contributed by atoms with Gasteiger partial charge in [0.2, 0.25) is 5.88 Å². The number of rotatable bonds is 4. The maximum atomic E-state index is 9.16. The topological polar surface area (TPSA) is 64.0 Å². The standard InChI is InChI=1S/C31H21N3OS/c1-31(2)26-16-23(12-13-25(26)30-27(31)17-24(36-30)14-20(18-32)19-33)34(22-9-4-3-5-10-22)29-15-21-8-6-7-11-28(21)35-29/h3-17H,1-2H3. The number of furan rings is 1. The normalized spacial score (nSPS) is 12.9. The molecule has 0 unspecified atom stereocenters. The molecular formula is C31H21N3OS. The number of allylic oxidation sites excluding steroid dienone is 1. The summed E-state index contributed by atoms with van der Waals surface area (Å²) in [7, 11) is 0. The van der Waals surface area contributed by atoms with Crippen molar-refractivity contribution in [2.24, 2.45) is 0 Å². The predicted octanol–water partition coefficient (Wildman–Crippen LogP) is 8.70. The van der Waals surface area contributed by atoms with Gasteiger partial charge in [-0.3, -0.25) is 4.90 Å². The molecule has 0 aliphatic heterocycles. The third-order valence-corrected chi connectivity index (χ3v) is 7.89. The summed E-state index contributed by atoms with van der Waals surface area (Å²) in [4.78, 5) is 4.27. The van der Waals surface area contributed by atoms with E-state index in [1.807, 2.05) is 48.5 Å². The number of nitriles is 2. The van der Waals surface area contributed by atoms with Crippen molar-refractivity contribution >= 4 is 45.6 Å². The molecule has 0 amide bonds. The van der Waals surface area contributed by atoms with Crippen LogP contribution in [0.25, 0.3) is 27.5 Å². The van der Waals surface area contributed by atoms with E-state index < -0.39 is 0 Å². The summed E-state index contributed by atoms with van der Waals surface area (Å²) in [6.07, 6.45) is 1.67. The molecule has 5 aromatic rings. The van der Waals surface area contributed by atoms with Gasteiger partial charge in [0.15, 0.2) is 0 Å². The van der Waals surface area contributed by atoms with E-state index in [1.165, 1.54) is 21.6 Å². The van der Waals surface area contributed by atoms with Crippen molar-refractivity contribution in [3.63, 3.8) is 0 Å². The molecule has 1 aliphatic rings. The lowest BCUT2D eigenvalue weighted by Crippen LogP contribution is -2.16. The highest BCUT2D eigenvalue weighted by Crippen LogP contribution is 2.54. The molecule has 0 radical (unpaired) electrons. The molecule has 0 saturated carbocycles. The molecule has 2 heterocycles. The van der Waals surface area contributed by atoms with E-state index in [4.69, 9.17) is 14.9 Å². The minimum absolute atomic E-state index is 0.118. The molecular weight excluding hydrogens is 462 g/mol. The summed E-state index contributed by atoms with van der Waals surface area (Å²) in [6.45, 7) is 4.45. The smallest absolute Gasteiger partial charge is 0.205 e. The van der Waals surface area contributed by atoms with Crippen LogP contribution in [0.2, 0.25) is 0 Å². The first-order chi connectivity index (χ1) is 17.5. The molecule has 0 spiro atoms. The second-order valence-corrected chi connectivity index (χ2v) is 10.4. The Bertz CT molecular complexity index is 1690. The number of nitrogens with zero attached hydrogens (tertiary/aromatic N) is 3. The van der Waals surface area contributed by atoms with Crippen molar-refractivity contribution in [1.29, 1.82) is 10.5 Å². The Balaban J connectivity index is 1.49. The molecule has 5 heteroatoms. The van der Waals surface area contributed by atoms with Crippen LogP contribution in [0, 0.1) is 22.7 Å². The molecule has 172 valence electrons. The number of thiophene rings is 1. The maximum absolute atomic E-state index is 9.16. The highest BCUT2D eigenvalue weighted by molar-refractivity contribution is 7.16. The van der Waals surface area contributed by atoms with Gasteiger partial charge in [0.05, 0.1) is 0 Å². The summed E-state index contributed by atoms with van der Waals surface area (Å²) in [5, 5.41) is 19.4. The summed E-state index contributed by atoms with van der Waals surface area (Å²) >= 11 is 1.63. The molecule has 0 bridgehead atoms. The van der Waals surface area contributed by atoms with Gasteiger partial charge in [0.25, 0.3) is 0 Å². The van der Waals surface area contributed by atoms with Gasteiger partial charge in [-0.1, -0.05) is 56.3 Å². The van der Waals surface area contributed by atoms with Crippen molar-refractivity contribution in [2.75, 3.05) is 4.90 Å². The van der Waals surface area contributed by atoms with Crippen LogP contribution in [0.5, 0.6) is 0 Å². The Morgan fingerprint density at radius 1 is 0.861 bits per heavy atom. The Morgan fingerprint density at radius 2 is 1.61 bits per heavy atom. The lowest BCUT2D eigenvalue weighted by atomic mass is 9.82. The molecule has 36 heavy (non-hydrogen) atoms. The third-order valence-electron chi connectivity index (χ3n) is 6.78. The molecule has 0 atom stereocenters. The highest BCUT2D eigenvalue weighted by atomic mass is 32.1. The second-order valence-electron chi connectivity index (χ2n) is 9.32. The van der Waals surface area contributed by atoms with E-state index in [0.29, 0.717) is 0 Å². The van der Waals surface area contributed by atoms with E-state index >= 15 is 0 Å². The number of hydrogen-bond acceptors (Lipinski definition) is 5. The summed E-state index contributed by atoms with van der Waals surface area (Å²) < 4.78 is 6.30. The van der Waals surface area contributed by atoms with E-state index in [0.717, 1.165) is 33.1 Å². The molecule has 0 fully saturated rings. The fraction of sp³-hybridized carbons (Fsp3) is 0.0968. The minimum Gasteiger partial charge on any atom is -0.440 e. The van der Waals surface area contributed by atoms with Crippen molar-refractivity contribution in [3.8, 4) is 22.6 Å². The molecule has 2 aromatic heterocycles. The number of fused-ring (bicyclic) bond motifs is 4. The second kappa shape index (κ2) is 8.27. The zero-order valence-electron chi connectivity index (χ0n) is 19.8. The number of hydrogen-bond donors (Lipinski definition) is 0. The molecule has 0 N–H and O–H groups in total. The number of anilines is 3. The lowest BCUT2D eigenvalue weighted by molar-refractivity contribution is 0.620. The fourth-order valence-electron chi connectivity index (χ4n) is 4.97. The van der Waals surface area contributed by atoms with Crippen LogP contribution in [0.3, 0.4) is 0 Å². The third kappa shape index (κ3) is 3.41.